The number of unbranched alkanes of at least 4 members (excludes halogenated alkanes) is 32. The molecule has 0 fully saturated rings. The summed E-state index contributed by atoms with van der Waals surface area (Å²) in [6.45, 7) is 9.10. The van der Waals surface area contributed by atoms with Gasteiger partial charge in [0.05, 0.1) is 12.2 Å². The molecule has 0 amide bonds. The predicted molar refractivity (Wildman–Crippen MR) is 219 cm³/mol. The Morgan fingerprint density at radius 1 is 0.208 bits per heavy atom. The zero-order chi connectivity index (χ0) is 35.4. The van der Waals surface area contributed by atoms with E-state index < -0.39 is 0 Å². The Labute approximate surface area is 306 Å². The fourth-order valence-corrected chi connectivity index (χ4v) is 7.05. The van der Waals surface area contributed by atoms with Crippen LogP contribution in [0.1, 0.15) is 285 Å². The van der Waals surface area contributed by atoms with Crippen molar-refractivity contribution >= 4 is 0 Å². The van der Waals surface area contributed by atoms with Crippen LogP contribution >= 0.6 is 0 Å². The van der Waals surface area contributed by atoms with Crippen molar-refractivity contribution in [1.82, 2.24) is 0 Å². The first-order valence-corrected chi connectivity index (χ1v) is 23.0. The molecule has 0 aliphatic rings. The number of hydrogen-bond acceptors (Lipinski definition) is 2. The van der Waals surface area contributed by atoms with Gasteiger partial charge in [-0.15, -0.1) is 0 Å². The Morgan fingerprint density at radius 2 is 0.333 bits per heavy atom. The molecule has 2 heteroatoms. The largest absolute Gasteiger partial charge is 0.393 e. The lowest BCUT2D eigenvalue weighted by atomic mass is 10.0. The lowest BCUT2D eigenvalue weighted by Crippen LogP contribution is -2.05. The van der Waals surface area contributed by atoms with E-state index in [9.17, 15) is 10.2 Å². The van der Waals surface area contributed by atoms with Crippen LogP contribution in [0.3, 0.4) is 0 Å². The molecule has 48 heavy (non-hydrogen) atoms. The Bertz CT molecular complexity index is 520. The summed E-state index contributed by atoms with van der Waals surface area (Å²) in [6, 6.07) is 0. The zero-order valence-electron chi connectivity index (χ0n) is 34.3. The molecule has 0 bridgehead atoms. The van der Waals surface area contributed by atoms with Gasteiger partial charge in [-0.25, -0.2) is 0 Å². The van der Waals surface area contributed by atoms with E-state index in [0.29, 0.717) is 0 Å². The lowest BCUT2D eigenvalue weighted by Gasteiger charge is -2.10. The van der Waals surface area contributed by atoms with Crippen molar-refractivity contribution in [2.75, 3.05) is 0 Å². The van der Waals surface area contributed by atoms with Crippen molar-refractivity contribution in [2.24, 2.45) is 0 Å². The van der Waals surface area contributed by atoms with Gasteiger partial charge in [0.1, 0.15) is 0 Å². The van der Waals surface area contributed by atoms with Gasteiger partial charge in [-0.3, -0.25) is 0 Å². The molecular formula is C46H96O2. The highest BCUT2D eigenvalue weighted by Gasteiger charge is 2.05. The molecule has 0 heterocycles. The Morgan fingerprint density at radius 3 is 0.479 bits per heavy atom. The quantitative estimate of drug-likeness (QED) is 0.0632. The second-order valence-corrected chi connectivity index (χ2v) is 15.8. The van der Waals surface area contributed by atoms with Gasteiger partial charge < -0.3 is 10.2 Å². The van der Waals surface area contributed by atoms with Crippen molar-refractivity contribution in [3.63, 3.8) is 0 Å². The van der Waals surface area contributed by atoms with E-state index in [1.54, 1.807) is 0 Å². The summed E-state index contributed by atoms with van der Waals surface area (Å²) in [4.78, 5) is 0. The molecule has 0 spiro atoms. The molecule has 2 unspecified atom stereocenters. The molecule has 0 aliphatic heterocycles. The molecule has 0 rings (SSSR count). The number of hydrogen-bond donors (Lipinski definition) is 2. The molecule has 0 aliphatic carbocycles. The normalized spacial score (nSPS) is 12.6. The number of rotatable bonds is 40. The smallest absolute Gasteiger partial charge is 0.0540 e. The second-order valence-electron chi connectivity index (χ2n) is 15.8. The van der Waals surface area contributed by atoms with E-state index in [2.05, 4.69) is 27.7 Å². The van der Waals surface area contributed by atoms with E-state index in [4.69, 9.17) is 0 Å². The topological polar surface area (TPSA) is 40.5 Å². The molecule has 0 radical (unpaired) electrons. The van der Waals surface area contributed by atoms with Crippen LogP contribution in [-0.2, 0) is 0 Å². The fraction of sp³-hybridized carbons (Fsp3) is 1.00. The van der Waals surface area contributed by atoms with Gasteiger partial charge in [0.2, 0.25) is 0 Å². The highest BCUT2D eigenvalue weighted by Crippen LogP contribution is 2.17. The van der Waals surface area contributed by atoms with Gasteiger partial charge in [-0.05, 0) is 25.7 Å². The van der Waals surface area contributed by atoms with Gasteiger partial charge in [-0.1, -0.05) is 259 Å². The predicted octanol–water partition coefficient (Wildman–Crippen LogP) is 16.4. The van der Waals surface area contributed by atoms with Crippen LogP contribution in [0.15, 0.2) is 0 Å². The molecule has 0 saturated carbocycles. The number of aliphatic hydroxyl groups is 2. The van der Waals surface area contributed by atoms with Crippen LogP contribution in [-0.4, -0.2) is 22.4 Å². The Balaban J connectivity index is 0. The summed E-state index contributed by atoms with van der Waals surface area (Å²) in [5.41, 5.74) is 0. The van der Waals surface area contributed by atoms with Crippen LogP contribution in [0, 0.1) is 0 Å². The Hall–Kier alpha value is -0.0800. The maximum Gasteiger partial charge on any atom is 0.0540 e. The summed E-state index contributed by atoms with van der Waals surface area (Å²) in [7, 11) is 0. The third kappa shape index (κ3) is 48.0. The first kappa shape index (κ1) is 50.0. The average Bonchev–Trinajstić information content (AvgIpc) is 3.09. The minimum absolute atomic E-state index is 0.0271. The van der Waals surface area contributed by atoms with Gasteiger partial charge in [0, 0.05) is 0 Å². The van der Waals surface area contributed by atoms with Crippen molar-refractivity contribution < 1.29 is 10.2 Å². The van der Waals surface area contributed by atoms with E-state index in [1.807, 2.05) is 0 Å². The molecule has 0 aromatic heterocycles. The summed E-state index contributed by atoms with van der Waals surface area (Å²) in [5.74, 6) is 0. The standard InChI is InChI=1S/C26H54O.C20H42O/c1-3-5-7-9-11-13-14-15-17-19-21-23-25-26(27)24-22-20-18-16-12-10-8-6-4-2;1-3-5-7-9-11-12-13-15-17-19-20(21)18-16-14-10-8-6-4-2/h26-27H,3-25H2,1-2H3;20-21H,3-19H2,1-2H3. The van der Waals surface area contributed by atoms with Crippen molar-refractivity contribution in [3.8, 4) is 0 Å². The fourth-order valence-electron chi connectivity index (χ4n) is 7.05. The molecule has 0 saturated heterocycles. The van der Waals surface area contributed by atoms with E-state index >= 15 is 0 Å². The highest BCUT2D eigenvalue weighted by molar-refractivity contribution is 4.59. The highest BCUT2D eigenvalue weighted by atomic mass is 16.3. The van der Waals surface area contributed by atoms with Crippen LogP contribution in [0.2, 0.25) is 0 Å². The van der Waals surface area contributed by atoms with Gasteiger partial charge in [0.25, 0.3) is 0 Å². The molecule has 0 aromatic rings. The van der Waals surface area contributed by atoms with E-state index in [0.717, 1.165) is 25.7 Å². The second kappa shape index (κ2) is 46.9. The van der Waals surface area contributed by atoms with Gasteiger partial charge in [-0.2, -0.15) is 0 Å². The van der Waals surface area contributed by atoms with Crippen LogP contribution in [0.25, 0.3) is 0 Å². The van der Waals surface area contributed by atoms with Gasteiger partial charge in [0.15, 0.2) is 0 Å². The number of aliphatic hydroxyl groups excluding tert-OH is 2. The minimum atomic E-state index is -0.0299. The summed E-state index contributed by atoms with van der Waals surface area (Å²) in [5, 5.41) is 20.1. The molecule has 0 aromatic carbocycles. The maximum atomic E-state index is 10.1. The van der Waals surface area contributed by atoms with Crippen molar-refractivity contribution in [1.29, 1.82) is 0 Å². The first-order chi connectivity index (χ1) is 23.6. The Kier molecular flexibility index (Phi) is 48.9. The first-order valence-electron chi connectivity index (χ1n) is 23.0. The molecule has 2 atom stereocenters. The van der Waals surface area contributed by atoms with Crippen LogP contribution in [0.4, 0.5) is 0 Å². The monoisotopic (exact) mass is 681 g/mol. The summed E-state index contributed by atoms with van der Waals surface area (Å²) in [6.07, 6.45) is 53.5. The average molecular weight is 681 g/mol. The molecular weight excluding hydrogens is 585 g/mol. The van der Waals surface area contributed by atoms with Gasteiger partial charge >= 0.3 is 0 Å². The van der Waals surface area contributed by atoms with E-state index in [1.165, 1.54) is 231 Å². The van der Waals surface area contributed by atoms with Crippen molar-refractivity contribution in [3.05, 3.63) is 0 Å². The third-order valence-corrected chi connectivity index (χ3v) is 10.6. The van der Waals surface area contributed by atoms with Crippen LogP contribution in [0.5, 0.6) is 0 Å². The summed E-state index contributed by atoms with van der Waals surface area (Å²) >= 11 is 0. The minimum Gasteiger partial charge on any atom is -0.393 e. The summed E-state index contributed by atoms with van der Waals surface area (Å²) < 4.78 is 0. The lowest BCUT2D eigenvalue weighted by molar-refractivity contribution is 0.146. The molecule has 2 N–H and O–H groups in total. The third-order valence-electron chi connectivity index (χ3n) is 10.6. The maximum absolute atomic E-state index is 10.1. The van der Waals surface area contributed by atoms with Crippen molar-refractivity contribution in [2.45, 2.75) is 297 Å². The molecule has 292 valence electrons. The zero-order valence-corrected chi connectivity index (χ0v) is 34.3. The molecule has 2 nitrogen and oxygen atoms in total. The SMILES string of the molecule is CCCCCCCCCCCC(O)CCCCCCCC.CCCCCCCCCCCCCCC(O)CCCCCCCCCCC. The van der Waals surface area contributed by atoms with Crippen LogP contribution < -0.4 is 0 Å². The van der Waals surface area contributed by atoms with E-state index in [-0.39, 0.29) is 12.2 Å².